The number of oxime groups is 1. The molecule has 27 nitrogen and oxygen atoms in total. The van der Waals surface area contributed by atoms with E-state index in [1.165, 1.54) is 17.7 Å². The summed E-state index contributed by atoms with van der Waals surface area (Å²) in [6.07, 6.45) is 1.91. The first-order valence-corrected chi connectivity index (χ1v) is 32.1. The zero-order valence-electron chi connectivity index (χ0n) is 52.2. The third-order valence-electron chi connectivity index (χ3n) is 12.3. The Balaban J connectivity index is 0.000000749. The number of carbonyl (C=O) groups is 7. The molecule has 0 fully saturated rings. The molecule has 3 amide bonds. The molecule has 86 heavy (non-hydrogen) atoms. The number of nitrogens with zero attached hydrogens (tertiary/aromatic N) is 8. The number of hydrogen-bond donors (Lipinski definition) is 5. The van der Waals surface area contributed by atoms with Gasteiger partial charge in [-0.1, -0.05) is 37.1 Å². The van der Waals surface area contributed by atoms with Crippen molar-refractivity contribution >= 4 is 88.9 Å². The summed E-state index contributed by atoms with van der Waals surface area (Å²) in [6, 6.07) is 5.72. The van der Waals surface area contributed by atoms with Crippen molar-refractivity contribution in [2.24, 2.45) is 10.3 Å². The van der Waals surface area contributed by atoms with Crippen LogP contribution in [-0.2, 0) is 62.1 Å². The molecule has 0 saturated heterocycles. The van der Waals surface area contributed by atoms with Crippen LogP contribution in [0.25, 0.3) is 21.6 Å². The van der Waals surface area contributed by atoms with Crippen molar-refractivity contribution in [2.45, 2.75) is 201 Å². The SMILES string of the molecule is CC(C)(C)OC(=O)NC[C@@H](Cn1cc(-c2ccc3c(c2)CC[C@H](C(C)(O/N=C(\C(=O)O)c2csc(NC(=O)OC(C)(C)C)n2)C(=O)OC(C)(C)C)O3)c[n+]1CCCN=[N+]=[N-])O[Si](C)(C)C(C)(C)C.CC(C)(C)OC(=O)Nc1nc(C(=O)C(=O)O)cs1. The van der Waals surface area contributed by atoms with E-state index in [9.17, 15) is 38.7 Å². The Hall–Kier alpha value is -7.66. The zero-order valence-corrected chi connectivity index (χ0v) is 54.8. The third kappa shape index (κ3) is 22.3. The van der Waals surface area contributed by atoms with Crippen molar-refractivity contribution in [3.63, 3.8) is 0 Å². The fourth-order valence-electron chi connectivity index (χ4n) is 7.47. The van der Waals surface area contributed by atoms with Gasteiger partial charge in [-0.3, -0.25) is 15.4 Å². The molecule has 4 heterocycles. The van der Waals surface area contributed by atoms with Crippen LogP contribution in [0, 0.1) is 0 Å². The summed E-state index contributed by atoms with van der Waals surface area (Å²) in [7, 11) is -2.32. The van der Waals surface area contributed by atoms with Crippen molar-refractivity contribution in [1.82, 2.24) is 20.0 Å². The molecular formula is C56H82N11O16S2Si+. The normalized spacial score (nSPS) is 14.9. The maximum absolute atomic E-state index is 14.0. The number of esters is 1. The highest BCUT2D eigenvalue weighted by Gasteiger charge is 2.51. The van der Waals surface area contributed by atoms with E-state index >= 15 is 0 Å². The van der Waals surface area contributed by atoms with Crippen LogP contribution in [0.1, 0.15) is 145 Å². The molecule has 30 heteroatoms. The van der Waals surface area contributed by atoms with Gasteiger partial charge in [0.15, 0.2) is 31.2 Å². The summed E-state index contributed by atoms with van der Waals surface area (Å²) in [5.74, 6) is -4.54. The number of rotatable bonds is 21. The van der Waals surface area contributed by atoms with E-state index in [-0.39, 0.29) is 39.7 Å². The van der Waals surface area contributed by atoms with Gasteiger partial charge in [0.2, 0.25) is 11.9 Å². The highest BCUT2D eigenvalue weighted by Crippen LogP contribution is 2.39. The minimum Gasteiger partial charge on any atom is -0.485 e. The van der Waals surface area contributed by atoms with Gasteiger partial charge in [-0.15, -0.1) is 27.4 Å². The van der Waals surface area contributed by atoms with E-state index in [2.05, 4.69) is 75.0 Å². The second kappa shape index (κ2) is 28.7. The summed E-state index contributed by atoms with van der Waals surface area (Å²) in [6.45, 7) is 34.4. The molecule has 3 aromatic heterocycles. The van der Waals surface area contributed by atoms with Crippen molar-refractivity contribution in [2.75, 3.05) is 23.7 Å². The smallest absolute Gasteiger partial charge is 0.413 e. The lowest BCUT2D eigenvalue weighted by atomic mass is 9.89. The number of aryl methyl sites for hydroxylation is 2. The summed E-state index contributed by atoms with van der Waals surface area (Å²) in [5.41, 5.74) is 5.62. The number of aliphatic carboxylic acids is 2. The topological polar surface area (TPSA) is 356 Å². The van der Waals surface area contributed by atoms with Gasteiger partial charge in [0.25, 0.3) is 11.4 Å². The fourth-order valence-corrected chi connectivity index (χ4v) is 10.2. The molecule has 472 valence electrons. The van der Waals surface area contributed by atoms with E-state index in [1.807, 2.05) is 60.7 Å². The van der Waals surface area contributed by atoms with E-state index in [1.54, 1.807) is 62.3 Å². The number of Topliss-reactive ketones (excluding diaryl/α,β-unsaturated/α-hetero) is 1. The van der Waals surface area contributed by atoms with Crippen LogP contribution in [0.5, 0.6) is 5.75 Å². The summed E-state index contributed by atoms with van der Waals surface area (Å²) in [5, 5.41) is 36.7. The van der Waals surface area contributed by atoms with E-state index in [0.29, 0.717) is 38.2 Å². The Morgan fingerprint density at radius 2 is 1.34 bits per heavy atom. The molecule has 1 aromatic carbocycles. The number of thiazole rings is 2. The number of ether oxygens (including phenoxy) is 5. The van der Waals surface area contributed by atoms with Gasteiger partial charge < -0.3 is 48.5 Å². The van der Waals surface area contributed by atoms with Gasteiger partial charge in [-0.25, -0.2) is 38.7 Å². The quantitative estimate of drug-likeness (QED) is 0.00421. The van der Waals surface area contributed by atoms with E-state index in [4.69, 9.17) is 43.6 Å². The molecule has 5 rings (SSSR count). The molecule has 1 unspecified atom stereocenters. The maximum atomic E-state index is 14.0. The minimum atomic E-state index is -2.32. The van der Waals surface area contributed by atoms with E-state index in [0.717, 1.165) is 39.4 Å². The molecule has 1 aliphatic heterocycles. The Morgan fingerprint density at radius 3 is 1.86 bits per heavy atom. The van der Waals surface area contributed by atoms with Crippen LogP contribution in [0.4, 0.5) is 24.6 Å². The Bertz CT molecular complexity index is 3170. The van der Waals surface area contributed by atoms with Crippen LogP contribution in [0.2, 0.25) is 18.1 Å². The largest absolute Gasteiger partial charge is 0.485 e. The van der Waals surface area contributed by atoms with Crippen LogP contribution < -0.4 is 25.4 Å². The standard InChI is InChI=1S/C46H69N9O11SSi.C10H12N2O5S/c1-42(2,3)62-38(58)46(13,66-52-36(37(56)57)33-28-67-39(50-33)51-41(60)64-44(7,8)9)35-20-18-30-23-29(17-19-34(30)61-35)31-25-54(22-16-21-49-53-47)55(26-31)27-32(65-68(14,15)45(10,11)12)24-48-40(59)63-43(4,5)6;1-10(2,3)17-9(16)12-8-11-5(4-18-8)6(13)7(14)15/h17,19,23,25-26,28,32,35H,16,18,20-22,24,27H2,1-15H3,(H2-,48,50,51,56,57,59,60);4H,1-3H3,(H,14,15)(H,11,12,16)/p+1/b52-36-;/t32-,35+,46?;/m0./s1. The fraction of sp³-hybridized carbons (Fsp3) is 0.589. The number of carbonyl (C=O) groups excluding carboxylic acids is 5. The molecule has 3 atom stereocenters. The molecule has 0 radical (unpaired) electrons. The average molecular weight is 1260 g/mol. The van der Waals surface area contributed by atoms with Crippen LogP contribution in [0.15, 0.2) is 51.6 Å². The molecule has 0 aliphatic carbocycles. The van der Waals surface area contributed by atoms with Gasteiger partial charge in [-0.2, -0.15) is 4.68 Å². The molecule has 1 aliphatic rings. The molecule has 0 saturated carbocycles. The number of benzene rings is 1. The van der Waals surface area contributed by atoms with Gasteiger partial charge in [-0.05, 0) is 150 Å². The lowest BCUT2D eigenvalue weighted by Crippen LogP contribution is -2.54. The molecule has 4 aromatic rings. The highest BCUT2D eigenvalue weighted by molar-refractivity contribution is 7.14. The third-order valence-corrected chi connectivity index (χ3v) is 18.4. The van der Waals surface area contributed by atoms with Gasteiger partial charge in [0.05, 0.1) is 17.9 Å². The second-order valence-electron chi connectivity index (χ2n) is 25.6. The number of nitrogens with one attached hydrogen (secondary N) is 3. The lowest BCUT2D eigenvalue weighted by molar-refractivity contribution is -0.775. The average Bonchev–Trinajstić information content (AvgIpc) is 1.33. The molecular weight excluding hydrogens is 1170 g/mol. The number of ketones is 1. The number of alkyl carbamates (subject to hydrolysis) is 1. The second-order valence-corrected chi connectivity index (χ2v) is 32.0. The van der Waals surface area contributed by atoms with Crippen LogP contribution in [0.3, 0.4) is 0 Å². The number of fused-ring (bicyclic) bond motifs is 1. The van der Waals surface area contributed by atoms with Crippen molar-refractivity contribution in [3.05, 3.63) is 68.7 Å². The van der Waals surface area contributed by atoms with Gasteiger partial charge >= 0.3 is 36.2 Å². The molecule has 0 bridgehead atoms. The summed E-state index contributed by atoms with van der Waals surface area (Å²) >= 11 is 1.90. The highest BCUT2D eigenvalue weighted by atomic mass is 32.1. The van der Waals surface area contributed by atoms with Crippen LogP contribution in [-0.4, -0.2) is 134 Å². The van der Waals surface area contributed by atoms with Crippen molar-refractivity contribution < 1.29 is 81.4 Å². The Morgan fingerprint density at radius 1 is 0.791 bits per heavy atom. The molecule has 5 N–H and O–H groups in total. The number of hydrogen-bond acceptors (Lipinski definition) is 20. The molecule has 0 spiro atoms. The first-order valence-electron chi connectivity index (χ1n) is 27.5. The number of aromatic nitrogens is 4. The Kier molecular flexibility index (Phi) is 23.6. The predicted molar refractivity (Wildman–Crippen MR) is 323 cm³/mol. The number of amides is 3. The van der Waals surface area contributed by atoms with Crippen LogP contribution >= 0.6 is 22.7 Å². The monoisotopic (exact) mass is 1260 g/mol. The van der Waals surface area contributed by atoms with E-state index < -0.39 is 96.2 Å². The van der Waals surface area contributed by atoms with Gasteiger partial charge in [0, 0.05) is 35.2 Å². The number of carboxylic acids is 2. The first-order chi connectivity index (χ1) is 39.5. The van der Waals surface area contributed by atoms with Gasteiger partial charge in [0.1, 0.15) is 46.1 Å². The zero-order chi connectivity index (χ0) is 65.0. The summed E-state index contributed by atoms with van der Waals surface area (Å²) in [4.78, 5) is 101. The first kappa shape index (κ1) is 70.8. The predicted octanol–water partition coefficient (Wildman–Crippen LogP) is 10.9. The number of carboxylic acid groups (broad SMARTS) is 2. The number of azide groups is 1. The maximum Gasteiger partial charge on any atom is 0.413 e. The van der Waals surface area contributed by atoms with Crippen molar-refractivity contribution in [3.8, 4) is 16.9 Å². The minimum absolute atomic E-state index is 0.0637. The van der Waals surface area contributed by atoms with Crippen molar-refractivity contribution in [1.29, 1.82) is 0 Å². The Labute approximate surface area is 509 Å². The number of anilines is 2. The lowest BCUT2D eigenvalue weighted by Gasteiger charge is -2.39. The summed E-state index contributed by atoms with van der Waals surface area (Å²) < 4.78 is 39.0.